The van der Waals surface area contributed by atoms with Crippen molar-refractivity contribution in [3.05, 3.63) is 66.2 Å². The first-order valence-electron chi connectivity index (χ1n) is 7.88. The second-order valence-corrected chi connectivity index (χ2v) is 5.86. The van der Waals surface area contributed by atoms with E-state index in [2.05, 4.69) is 0 Å². The maximum atomic E-state index is 13.8. The van der Waals surface area contributed by atoms with Gasteiger partial charge >= 0.3 is 12.2 Å². The number of nitrogens with one attached hydrogen (secondary N) is 2. The zero-order chi connectivity index (χ0) is 19.7. The number of amides is 4. The molecule has 1 atom stereocenters. The Morgan fingerprint density at radius 3 is 2.11 bits per heavy atom. The molecule has 0 spiro atoms. The maximum Gasteiger partial charge on any atom is 0.440 e. The zero-order valence-corrected chi connectivity index (χ0v) is 13.8. The summed E-state index contributed by atoms with van der Waals surface area (Å²) >= 11 is 0. The molecule has 140 valence electrons. The average Bonchev–Trinajstić information content (AvgIpc) is 2.87. The van der Waals surface area contributed by atoms with Gasteiger partial charge in [0.15, 0.2) is 0 Å². The average molecular weight is 377 g/mol. The number of imide groups is 1. The van der Waals surface area contributed by atoms with Crippen LogP contribution in [-0.2, 0) is 16.0 Å². The van der Waals surface area contributed by atoms with E-state index in [-0.39, 0.29) is 12.1 Å². The Labute approximate surface area is 152 Å². The van der Waals surface area contributed by atoms with Crippen molar-refractivity contribution >= 4 is 23.5 Å². The first-order valence-corrected chi connectivity index (χ1v) is 7.88. The van der Waals surface area contributed by atoms with Crippen LogP contribution in [-0.4, -0.2) is 29.7 Å². The van der Waals surface area contributed by atoms with Crippen LogP contribution >= 0.6 is 0 Å². The molecule has 1 saturated heterocycles. The van der Waals surface area contributed by atoms with Crippen molar-refractivity contribution in [3.8, 4) is 0 Å². The topological polar surface area (TPSA) is 78.5 Å². The Bertz CT molecular complexity index is 872. The maximum absolute atomic E-state index is 13.8. The third kappa shape index (κ3) is 3.35. The van der Waals surface area contributed by atoms with Crippen molar-refractivity contribution in [2.24, 2.45) is 0 Å². The van der Waals surface area contributed by atoms with Crippen LogP contribution in [0.1, 0.15) is 5.56 Å². The summed E-state index contributed by atoms with van der Waals surface area (Å²) in [4.78, 5) is 37.3. The standard InChI is InChI=1S/C18H14F3N3O3/c19-18(20,21)17(22-14(25)11-12-7-3-1-4-8-12)15(26)24(16(27)23-17)13-9-5-2-6-10-13/h1-10H,11H2,(H,22,25)(H,23,27)/t17-/m0/s1. The molecule has 1 aliphatic rings. The molecule has 2 aromatic rings. The van der Waals surface area contributed by atoms with E-state index in [9.17, 15) is 27.6 Å². The van der Waals surface area contributed by atoms with Gasteiger partial charge in [-0.1, -0.05) is 48.5 Å². The van der Waals surface area contributed by atoms with Gasteiger partial charge in [0.1, 0.15) is 0 Å². The third-order valence-corrected chi connectivity index (χ3v) is 4.00. The minimum absolute atomic E-state index is 0.0385. The van der Waals surface area contributed by atoms with Crippen molar-refractivity contribution in [3.63, 3.8) is 0 Å². The second-order valence-electron chi connectivity index (χ2n) is 5.86. The molecule has 0 aromatic heterocycles. The van der Waals surface area contributed by atoms with Gasteiger partial charge in [-0.15, -0.1) is 0 Å². The number of urea groups is 1. The normalized spacial score (nSPS) is 19.7. The Morgan fingerprint density at radius 1 is 1.00 bits per heavy atom. The molecule has 0 aliphatic carbocycles. The molecular weight excluding hydrogens is 363 g/mol. The lowest BCUT2D eigenvalue weighted by Crippen LogP contribution is -2.69. The van der Waals surface area contributed by atoms with E-state index in [1.807, 2.05) is 0 Å². The number of nitrogens with zero attached hydrogens (tertiary/aromatic N) is 1. The Balaban J connectivity index is 1.91. The highest BCUT2D eigenvalue weighted by atomic mass is 19.4. The van der Waals surface area contributed by atoms with E-state index in [0.29, 0.717) is 10.5 Å². The van der Waals surface area contributed by atoms with Gasteiger partial charge in [0, 0.05) is 0 Å². The largest absolute Gasteiger partial charge is 0.440 e. The van der Waals surface area contributed by atoms with E-state index in [4.69, 9.17) is 0 Å². The van der Waals surface area contributed by atoms with Crippen LogP contribution < -0.4 is 15.5 Å². The molecule has 1 fully saturated rings. The number of rotatable bonds is 4. The molecule has 2 aromatic carbocycles. The van der Waals surface area contributed by atoms with Crippen molar-refractivity contribution in [1.29, 1.82) is 0 Å². The van der Waals surface area contributed by atoms with Gasteiger partial charge in [-0.25, -0.2) is 9.69 Å². The van der Waals surface area contributed by atoms with Crippen LogP contribution in [0.2, 0.25) is 0 Å². The molecule has 1 aliphatic heterocycles. The second kappa shape index (κ2) is 6.75. The predicted octanol–water partition coefficient (Wildman–Crippen LogP) is 2.36. The summed E-state index contributed by atoms with van der Waals surface area (Å²) in [6.45, 7) is 0. The molecule has 2 N–H and O–H groups in total. The van der Waals surface area contributed by atoms with E-state index in [1.165, 1.54) is 24.3 Å². The summed E-state index contributed by atoms with van der Waals surface area (Å²) in [5, 5.41) is 3.28. The fourth-order valence-electron chi connectivity index (χ4n) is 2.72. The van der Waals surface area contributed by atoms with Crippen molar-refractivity contribution in [1.82, 2.24) is 10.6 Å². The predicted molar refractivity (Wildman–Crippen MR) is 89.5 cm³/mol. The van der Waals surface area contributed by atoms with Gasteiger partial charge in [-0.3, -0.25) is 14.9 Å². The van der Waals surface area contributed by atoms with Gasteiger partial charge in [0.05, 0.1) is 12.1 Å². The first-order chi connectivity index (χ1) is 12.7. The molecule has 3 rings (SSSR count). The number of hydrogen-bond donors (Lipinski definition) is 2. The molecule has 1 heterocycles. The highest BCUT2D eigenvalue weighted by Crippen LogP contribution is 2.35. The minimum Gasteiger partial charge on any atom is -0.318 e. The minimum atomic E-state index is -5.24. The molecule has 0 bridgehead atoms. The van der Waals surface area contributed by atoms with Crippen LogP contribution in [0, 0.1) is 0 Å². The van der Waals surface area contributed by atoms with Gasteiger partial charge in [-0.2, -0.15) is 13.2 Å². The van der Waals surface area contributed by atoms with E-state index >= 15 is 0 Å². The fraction of sp³-hybridized carbons (Fsp3) is 0.167. The number of alkyl halides is 3. The highest BCUT2D eigenvalue weighted by Gasteiger charge is 2.69. The molecule has 6 nitrogen and oxygen atoms in total. The lowest BCUT2D eigenvalue weighted by atomic mass is 10.1. The van der Waals surface area contributed by atoms with Crippen molar-refractivity contribution in [2.45, 2.75) is 18.3 Å². The Kier molecular flexibility index (Phi) is 4.61. The number of carbonyl (C=O) groups is 3. The smallest absolute Gasteiger partial charge is 0.318 e. The number of halogens is 3. The summed E-state index contributed by atoms with van der Waals surface area (Å²) < 4.78 is 41.3. The molecule has 0 saturated carbocycles. The van der Waals surface area contributed by atoms with E-state index in [0.717, 1.165) is 0 Å². The fourth-order valence-corrected chi connectivity index (χ4v) is 2.72. The number of benzene rings is 2. The first kappa shape index (κ1) is 18.4. The highest BCUT2D eigenvalue weighted by molar-refractivity contribution is 6.24. The van der Waals surface area contributed by atoms with Gasteiger partial charge in [0.2, 0.25) is 5.91 Å². The van der Waals surface area contributed by atoms with Gasteiger partial charge in [0.25, 0.3) is 11.6 Å². The number of para-hydroxylation sites is 1. The van der Waals surface area contributed by atoms with Crippen molar-refractivity contribution in [2.75, 3.05) is 4.90 Å². The van der Waals surface area contributed by atoms with Crippen LogP contribution in [0.3, 0.4) is 0 Å². The molecular formula is C18H14F3N3O3. The molecule has 9 heteroatoms. The Hall–Kier alpha value is -3.36. The lowest BCUT2D eigenvalue weighted by Gasteiger charge is -2.29. The van der Waals surface area contributed by atoms with E-state index < -0.39 is 29.7 Å². The van der Waals surface area contributed by atoms with Gasteiger partial charge in [-0.05, 0) is 17.7 Å². The van der Waals surface area contributed by atoms with Crippen LogP contribution in [0.5, 0.6) is 0 Å². The molecule has 4 amide bonds. The lowest BCUT2D eigenvalue weighted by molar-refractivity contribution is -0.201. The van der Waals surface area contributed by atoms with Crippen LogP contribution in [0.15, 0.2) is 60.7 Å². The summed E-state index contributed by atoms with van der Waals surface area (Å²) in [6, 6.07) is 13.9. The van der Waals surface area contributed by atoms with E-state index in [1.54, 1.807) is 47.0 Å². The summed E-state index contributed by atoms with van der Waals surface area (Å²) in [5.74, 6) is -2.67. The molecule has 0 unspecified atom stereocenters. The van der Waals surface area contributed by atoms with Crippen LogP contribution in [0.4, 0.5) is 23.7 Å². The Morgan fingerprint density at radius 2 is 1.56 bits per heavy atom. The molecule has 0 radical (unpaired) electrons. The summed E-state index contributed by atoms with van der Waals surface area (Å²) in [5.41, 5.74) is -3.10. The van der Waals surface area contributed by atoms with Crippen molar-refractivity contribution < 1.29 is 27.6 Å². The van der Waals surface area contributed by atoms with Gasteiger partial charge < -0.3 is 5.32 Å². The summed E-state index contributed by atoms with van der Waals surface area (Å²) in [7, 11) is 0. The zero-order valence-electron chi connectivity index (χ0n) is 13.8. The third-order valence-electron chi connectivity index (χ3n) is 4.00. The molecule has 27 heavy (non-hydrogen) atoms. The quantitative estimate of drug-likeness (QED) is 0.803. The monoisotopic (exact) mass is 377 g/mol. The SMILES string of the molecule is O=C(Cc1ccccc1)N[C@]1(C(F)(F)F)NC(=O)N(c2ccccc2)C1=O. The number of carbonyl (C=O) groups excluding carboxylic acids is 3. The number of hydrogen-bond acceptors (Lipinski definition) is 3. The number of anilines is 1. The van der Waals surface area contributed by atoms with Crippen LogP contribution in [0.25, 0.3) is 0 Å². The summed E-state index contributed by atoms with van der Waals surface area (Å²) in [6.07, 6.45) is -5.62.